The molecule has 2 N–H and O–H groups in total. The third kappa shape index (κ3) is 2.08. The lowest BCUT2D eigenvalue weighted by Crippen LogP contribution is -2.34. The minimum atomic E-state index is -0.741. The van der Waals surface area contributed by atoms with Crippen LogP contribution < -0.4 is 5.32 Å². The van der Waals surface area contributed by atoms with Crippen LogP contribution in [0.2, 0.25) is 0 Å². The molecule has 0 aromatic heterocycles. The summed E-state index contributed by atoms with van der Waals surface area (Å²) < 4.78 is 0. The Labute approximate surface area is 72.5 Å². The first-order valence-electron chi connectivity index (χ1n) is 4.22. The van der Waals surface area contributed by atoms with Crippen molar-refractivity contribution in [3.63, 3.8) is 0 Å². The molecule has 0 amide bonds. The fourth-order valence-electron chi connectivity index (χ4n) is 1.60. The van der Waals surface area contributed by atoms with Crippen molar-refractivity contribution in [1.29, 1.82) is 0 Å². The highest BCUT2D eigenvalue weighted by Gasteiger charge is 2.30. The van der Waals surface area contributed by atoms with Gasteiger partial charge in [0.1, 0.15) is 6.04 Å². The second kappa shape index (κ2) is 3.72. The number of carboxylic acid groups (broad SMARTS) is 1. The molecule has 68 valence electrons. The first kappa shape index (κ1) is 9.26. The summed E-state index contributed by atoms with van der Waals surface area (Å²) >= 11 is 0. The van der Waals surface area contributed by atoms with E-state index in [1.54, 1.807) is 0 Å². The summed E-state index contributed by atoms with van der Waals surface area (Å²) in [7, 11) is 0. The van der Waals surface area contributed by atoms with Gasteiger partial charge in [0.15, 0.2) is 0 Å². The van der Waals surface area contributed by atoms with Crippen LogP contribution in [0.5, 0.6) is 0 Å². The molecule has 0 saturated carbocycles. The van der Waals surface area contributed by atoms with Crippen LogP contribution in [0.4, 0.5) is 0 Å². The first-order valence-corrected chi connectivity index (χ1v) is 4.22. The van der Waals surface area contributed by atoms with Gasteiger partial charge in [0.05, 0.1) is 0 Å². The van der Waals surface area contributed by atoms with Gasteiger partial charge in [-0.15, -0.1) is 0 Å². The van der Waals surface area contributed by atoms with Crippen LogP contribution in [-0.4, -0.2) is 23.7 Å². The zero-order valence-electron chi connectivity index (χ0n) is 7.50. The topological polar surface area (TPSA) is 49.3 Å². The predicted octanol–water partition coefficient (Wildman–Crippen LogP) is 1.02. The van der Waals surface area contributed by atoms with Crippen molar-refractivity contribution >= 4 is 5.97 Å². The molecule has 12 heavy (non-hydrogen) atoms. The number of hydrogen-bond donors (Lipinski definition) is 2. The molecule has 0 bridgehead atoms. The lowest BCUT2D eigenvalue weighted by molar-refractivity contribution is -0.139. The minimum Gasteiger partial charge on any atom is -0.480 e. The molecule has 0 radical (unpaired) electrons. The van der Waals surface area contributed by atoms with Crippen LogP contribution in [-0.2, 0) is 4.79 Å². The Morgan fingerprint density at radius 3 is 2.75 bits per heavy atom. The number of carboxylic acids is 1. The Kier molecular flexibility index (Phi) is 2.87. The molecule has 0 aliphatic carbocycles. The smallest absolute Gasteiger partial charge is 0.321 e. The Balaban J connectivity index is 2.64. The zero-order valence-corrected chi connectivity index (χ0v) is 7.50. The molecule has 0 aromatic rings. The summed E-state index contributed by atoms with van der Waals surface area (Å²) in [5.74, 6) is -0.567. The van der Waals surface area contributed by atoms with E-state index in [4.69, 9.17) is 5.11 Å². The highest BCUT2D eigenvalue weighted by molar-refractivity contribution is 5.74. The number of carbonyl (C=O) groups is 1. The van der Waals surface area contributed by atoms with Crippen LogP contribution in [0.25, 0.3) is 0 Å². The summed E-state index contributed by atoms with van der Waals surface area (Å²) in [6, 6.07) is -0.375. The van der Waals surface area contributed by atoms with Crippen molar-refractivity contribution in [2.24, 2.45) is 5.92 Å². The molecule has 3 nitrogen and oxygen atoms in total. The Hall–Kier alpha value is -0.830. The summed E-state index contributed by atoms with van der Waals surface area (Å²) in [5, 5.41) is 11.8. The van der Waals surface area contributed by atoms with Gasteiger partial charge in [-0.25, -0.2) is 0 Å². The van der Waals surface area contributed by atoms with Crippen molar-refractivity contribution in [3.05, 3.63) is 11.6 Å². The molecule has 1 heterocycles. The standard InChI is InChI=1S/C9H15NO2/c1-6(2)5-7-3-4-10-8(7)9(11)12/h5,7-8,10H,3-4H2,1-2H3,(H,11,12). The van der Waals surface area contributed by atoms with E-state index in [0.717, 1.165) is 13.0 Å². The summed E-state index contributed by atoms with van der Waals surface area (Å²) in [6.45, 7) is 4.81. The largest absolute Gasteiger partial charge is 0.480 e. The average Bonchev–Trinajstić information content (AvgIpc) is 2.33. The van der Waals surface area contributed by atoms with Crippen LogP contribution in [0, 0.1) is 5.92 Å². The van der Waals surface area contributed by atoms with Crippen molar-refractivity contribution < 1.29 is 9.90 Å². The molecule has 1 rings (SSSR count). The quantitative estimate of drug-likeness (QED) is 0.607. The van der Waals surface area contributed by atoms with Crippen molar-refractivity contribution in [2.75, 3.05) is 6.54 Å². The average molecular weight is 169 g/mol. The van der Waals surface area contributed by atoms with Gasteiger partial charge < -0.3 is 10.4 Å². The maximum absolute atomic E-state index is 10.7. The third-order valence-corrected chi connectivity index (χ3v) is 2.08. The fraction of sp³-hybridized carbons (Fsp3) is 0.667. The second-order valence-electron chi connectivity index (χ2n) is 3.47. The normalized spacial score (nSPS) is 28.5. The molecule has 2 unspecified atom stereocenters. The molecule has 1 aliphatic rings. The van der Waals surface area contributed by atoms with E-state index in [1.807, 2.05) is 19.9 Å². The Morgan fingerprint density at radius 1 is 1.58 bits per heavy atom. The van der Waals surface area contributed by atoms with E-state index in [0.29, 0.717) is 0 Å². The van der Waals surface area contributed by atoms with E-state index in [2.05, 4.69) is 5.32 Å². The van der Waals surface area contributed by atoms with Gasteiger partial charge in [-0.2, -0.15) is 0 Å². The van der Waals surface area contributed by atoms with Gasteiger partial charge in [-0.05, 0) is 26.8 Å². The maximum Gasteiger partial charge on any atom is 0.321 e. The first-order chi connectivity index (χ1) is 5.61. The molecule has 0 aromatic carbocycles. The van der Waals surface area contributed by atoms with E-state index in [-0.39, 0.29) is 12.0 Å². The van der Waals surface area contributed by atoms with Crippen molar-refractivity contribution in [2.45, 2.75) is 26.3 Å². The summed E-state index contributed by atoms with van der Waals surface area (Å²) in [5.41, 5.74) is 1.19. The molecule has 1 fully saturated rings. The molecular weight excluding hydrogens is 154 g/mol. The molecule has 1 saturated heterocycles. The minimum absolute atomic E-state index is 0.174. The van der Waals surface area contributed by atoms with E-state index < -0.39 is 5.97 Å². The van der Waals surface area contributed by atoms with E-state index >= 15 is 0 Å². The SMILES string of the molecule is CC(C)=CC1CCNC1C(=O)O. The van der Waals surface area contributed by atoms with Gasteiger partial charge in [0, 0.05) is 5.92 Å². The van der Waals surface area contributed by atoms with Crippen molar-refractivity contribution in [3.8, 4) is 0 Å². The summed E-state index contributed by atoms with van der Waals surface area (Å²) in [4.78, 5) is 10.7. The monoisotopic (exact) mass is 169 g/mol. The zero-order chi connectivity index (χ0) is 9.14. The highest BCUT2D eigenvalue weighted by Crippen LogP contribution is 2.18. The van der Waals surface area contributed by atoms with Crippen LogP contribution in [0.15, 0.2) is 11.6 Å². The van der Waals surface area contributed by atoms with Gasteiger partial charge in [0.25, 0.3) is 0 Å². The van der Waals surface area contributed by atoms with Gasteiger partial charge >= 0.3 is 5.97 Å². The van der Waals surface area contributed by atoms with Gasteiger partial charge in [-0.1, -0.05) is 11.6 Å². The molecule has 0 spiro atoms. The van der Waals surface area contributed by atoms with Gasteiger partial charge in [-0.3, -0.25) is 4.79 Å². The van der Waals surface area contributed by atoms with Crippen LogP contribution in [0.1, 0.15) is 20.3 Å². The lowest BCUT2D eigenvalue weighted by atomic mass is 9.98. The molecular formula is C9H15NO2. The third-order valence-electron chi connectivity index (χ3n) is 2.08. The number of hydrogen-bond acceptors (Lipinski definition) is 2. The van der Waals surface area contributed by atoms with E-state index in [9.17, 15) is 4.79 Å². The summed E-state index contributed by atoms with van der Waals surface area (Å²) in [6.07, 6.45) is 2.97. The number of allylic oxidation sites excluding steroid dienone is 1. The predicted molar refractivity (Wildman–Crippen MR) is 47.0 cm³/mol. The molecule has 2 atom stereocenters. The fourth-order valence-corrected chi connectivity index (χ4v) is 1.60. The van der Waals surface area contributed by atoms with Crippen molar-refractivity contribution in [1.82, 2.24) is 5.32 Å². The highest BCUT2D eigenvalue weighted by atomic mass is 16.4. The Morgan fingerprint density at radius 2 is 2.25 bits per heavy atom. The van der Waals surface area contributed by atoms with Crippen LogP contribution in [0.3, 0.4) is 0 Å². The number of aliphatic carboxylic acids is 1. The van der Waals surface area contributed by atoms with Gasteiger partial charge in [0.2, 0.25) is 0 Å². The Bertz CT molecular complexity index is 207. The maximum atomic E-state index is 10.7. The van der Waals surface area contributed by atoms with Crippen LogP contribution >= 0.6 is 0 Å². The molecule has 1 aliphatic heterocycles. The molecule has 3 heteroatoms. The number of nitrogens with one attached hydrogen (secondary N) is 1. The van der Waals surface area contributed by atoms with E-state index in [1.165, 1.54) is 5.57 Å². The number of rotatable bonds is 2. The lowest BCUT2D eigenvalue weighted by Gasteiger charge is -2.11. The second-order valence-corrected chi connectivity index (χ2v) is 3.47.